The van der Waals surface area contributed by atoms with Gasteiger partial charge >= 0.3 is 6.01 Å². The van der Waals surface area contributed by atoms with Crippen molar-refractivity contribution in [2.45, 2.75) is 25.2 Å². The molecule has 0 atom stereocenters. The van der Waals surface area contributed by atoms with E-state index in [2.05, 4.69) is 41.5 Å². The van der Waals surface area contributed by atoms with Crippen molar-refractivity contribution in [3.05, 3.63) is 70.6 Å². The molecule has 0 saturated carbocycles. The highest BCUT2D eigenvalue weighted by atomic mass is 32.2. The van der Waals surface area contributed by atoms with Gasteiger partial charge in [0.2, 0.25) is 5.89 Å². The van der Waals surface area contributed by atoms with Crippen molar-refractivity contribution in [1.29, 1.82) is 0 Å². The fraction of sp³-hybridized carbons (Fsp3) is 0.211. The second-order valence-electron chi connectivity index (χ2n) is 5.78. The van der Waals surface area contributed by atoms with Crippen molar-refractivity contribution < 1.29 is 9.21 Å². The summed E-state index contributed by atoms with van der Waals surface area (Å²) in [5.74, 6) is 0.199. The zero-order chi connectivity index (χ0) is 17.8. The van der Waals surface area contributed by atoms with Crippen molar-refractivity contribution in [1.82, 2.24) is 10.2 Å². The number of rotatable bonds is 5. The minimum Gasteiger partial charge on any atom is -0.407 e. The van der Waals surface area contributed by atoms with Crippen molar-refractivity contribution >= 4 is 23.7 Å². The molecule has 1 N–H and O–H groups in total. The lowest BCUT2D eigenvalue weighted by Crippen LogP contribution is -2.11. The van der Waals surface area contributed by atoms with Crippen molar-refractivity contribution in [3.63, 3.8) is 0 Å². The maximum atomic E-state index is 12.2. The van der Waals surface area contributed by atoms with Crippen LogP contribution in [0.5, 0.6) is 0 Å². The summed E-state index contributed by atoms with van der Waals surface area (Å²) in [5.41, 5.74) is 4.11. The molecule has 0 aliphatic carbocycles. The molecule has 0 bridgehead atoms. The zero-order valence-corrected chi connectivity index (χ0v) is 15.2. The summed E-state index contributed by atoms with van der Waals surface area (Å²) in [6, 6.07) is 13.7. The van der Waals surface area contributed by atoms with Crippen LogP contribution in [0.1, 0.15) is 32.9 Å². The summed E-state index contributed by atoms with van der Waals surface area (Å²) >= 11 is 1.63. The maximum absolute atomic E-state index is 12.2. The number of aryl methyl sites for hydroxylation is 2. The van der Waals surface area contributed by atoms with Crippen molar-refractivity contribution in [2.75, 3.05) is 11.6 Å². The first-order valence-corrected chi connectivity index (χ1v) is 9.11. The van der Waals surface area contributed by atoms with Crippen LogP contribution in [0.15, 0.2) is 51.8 Å². The van der Waals surface area contributed by atoms with E-state index in [4.69, 9.17) is 4.42 Å². The van der Waals surface area contributed by atoms with Crippen LogP contribution in [0, 0.1) is 13.8 Å². The number of amides is 1. The number of carbonyl (C=O) groups is 1. The molecule has 0 unspecified atom stereocenters. The van der Waals surface area contributed by atoms with Gasteiger partial charge in [-0.3, -0.25) is 10.1 Å². The molecule has 128 valence electrons. The highest BCUT2D eigenvalue weighted by Crippen LogP contribution is 2.17. The van der Waals surface area contributed by atoms with Gasteiger partial charge in [-0.05, 0) is 61.1 Å². The molecule has 0 radical (unpaired) electrons. The Bertz CT molecular complexity index is 888. The average Bonchev–Trinajstić information content (AvgIpc) is 3.05. The summed E-state index contributed by atoms with van der Waals surface area (Å²) in [4.78, 5) is 13.3. The smallest absolute Gasteiger partial charge is 0.322 e. The topological polar surface area (TPSA) is 68.0 Å². The minimum atomic E-state index is -0.269. The number of hydrogen-bond donors (Lipinski definition) is 1. The van der Waals surface area contributed by atoms with Gasteiger partial charge in [0.25, 0.3) is 5.91 Å². The third kappa shape index (κ3) is 4.28. The number of nitrogens with zero attached hydrogens (tertiary/aromatic N) is 2. The van der Waals surface area contributed by atoms with E-state index >= 15 is 0 Å². The first-order chi connectivity index (χ1) is 12.0. The van der Waals surface area contributed by atoms with E-state index < -0.39 is 0 Å². The van der Waals surface area contributed by atoms with Crippen LogP contribution >= 0.6 is 11.8 Å². The molecule has 0 fully saturated rings. The predicted molar refractivity (Wildman–Crippen MR) is 99.2 cm³/mol. The number of thioether (sulfide) groups is 1. The highest BCUT2D eigenvalue weighted by Gasteiger charge is 2.12. The molecule has 1 amide bonds. The number of nitrogens with one attached hydrogen (secondary N) is 1. The van der Waals surface area contributed by atoms with Crippen LogP contribution in [0.2, 0.25) is 0 Å². The van der Waals surface area contributed by atoms with E-state index in [-0.39, 0.29) is 11.9 Å². The highest BCUT2D eigenvalue weighted by molar-refractivity contribution is 7.98. The molecule has 5 nitrogen and oxygen atoms in total. The van der Waals surface area contributed by atoms with Gasteiger partial charge in [-0.1, -0.05) is 23.3 Å². The summed E-state index contributed by atoms with van der Waals surface area (Å²) in [6.07, 6.45) is 2.52. The Balaban J connectivity index is 1.66. The van der Waals surface area contributed by atoms with Gasteiger partial charge in [-0.15, -0.1) is 16.9 Å². The number of aromatic nitrogens is 2. The standard InChI is InChI=1S/C19H19N3O2S/c1-12-4-5-14(10-13(12)2)11-17-21-22-19(24-17)20-18(23)15-6-8-16(25-3)9-7-15/h4-10H,11H2,1-3H3,(H,20,22,23). The van der Waals surface area contributed by atoms with Gasteiger partial charge in [0.1, 0.15) is 0 Å². The van der Waals surface area contributed by atoms with E-state index in [1.807, 2.05) is 24.5 Å². The van der Waals surface area contributed by atoms with E-state index in [9.17, 15) is 4.79 Å². The molecular formula is C19H19N3O2S. The van der Waals surface area contributed by atoms with E-state index in [1.165, 1.54) is 11.1 Å². The Labute approximate surface area is 150 Å². The first-order valence-electron chi connectivity index (χ1n) is 7.89. The third-order valence-corrected chi connectivity index (χ3v) is 4.71. The molecule has 1 aromatic heterocycles. The van der Waals surface area contributed by atoms with Crippen LogP contribution in [0.3, 0.4) is 0 Å². The second-order valence-corrected chi connectivity index (χ2v) is 6.66. The number of carbonyl (C=O) groups excluding carboxylic acids is 1. The lowest BCUT2D eigenvalue weighted by molar-refractivity contribution is 0.102. The van der Waals surface area contributed by atoms with Gasteiger partial charge in [0, 0.05) is 10.5 Å². The molecule has 3 aromatic rings. The maximum Gasteiger partial charge on any atom is 0.322 e. The van der Waals surface area contributed by atoms with Gasteiger partial charge in [-0.2, -0.15) is 0 Å². The van der Waals surface area contributed by atoms with Crippen LogP contribution in [0.25, 0.3) is 0 Å². The molecule has 6 heteroatoms. The molecule has 25 heavy (non-hydrogen) atoms. The number of hydrogen-bond acceptors (Lipinski definition) is 5. The second kappa shape index (κ2) is 7.53. The fourth-order valence-electron chi connectivity index (χ4n) is 2.38. The van der Waals surface area contributed by atoms with Crippen molar-refractivity contribution in [3.8, 4) is 0 Å². The zero-order valence-electron chi connectivity index (χ0n) is 14.4. The summed E-state index contributed by atoms with van der Waals surface area (Å²) < 4.78 is 5.54. The minimum absolute atomic E-state index is 0.109. The summed E-state index contributed by atoms with van der Waals surface area (Å²) in [6.45, 7) is 4.14. The number of benzene rings is 2. The molecule has 1 heterocycles. The average molecular weight is 353 g/mol. The largest absolute Gasteiger partial charge is 0.407 e. The van der Waals surface area contributed by atoms with Gasteiger partial charge in [0.15, 0.2) is 0 Å². The number of anilines is 1. The Morgan fingerprint density at radius 1 is 1.08 bits per heavy atom. The molecule has 0 saturated heterocycles. The van der Waals surface area contributed by atoms with E-state index in [0.29, 0.717) is 17.9 Å². The molecule has 2 aromatic carbocycles. The monoisotopic (exact) mass is 353 g/mol. The van der Waals surface area contributed by atoms with E-state index in [1.54, 1.807) is 23.9 Å². The Kier molecular flexibility index (Phi) is 5.19. The SMILES string of the molecule is CSc1ccc(C(=O)Nc2nnc(Cc3ccc(C)c(C)c3)o2)cc1. The Morgan fingerprint density at radius 2 is 1.84 bits per heavy atom. The van der Waals surface area contributed by atoms with Crippen molar-refractivity contribution in [2.24, 2.45) is 0 Å². The summed E-state index contributed by atoms with van der Waals surface area (Å²) in [7, 11) is 0. The predicted octanol–water partition coefficient (Wildman–Crippen LogP) is 4.25. The fourth-order valence-corrected chi connectivity index (χ4v) is 2.78. The van der Waals surface area contributed by atoms with Crippen LogP contribution in [0.4, 0.5) is 6.01 Å². The van der Waals surface area contributed by atoms with E-state index in [0.717, 1.165) is 10.5 Å². The normalized spacial score (nSPS) is 10.7. The lowest BCUT2D eigenvalue weighted by Gasteiger charge is -2.03. The molecule has 0 aliphatic heterocycles. The van der Waals surface area contributed by atoms with Gasteiger partial charge in [0.05, 0.1) is 6.42 Å². The molecular weight excluding hydrogens is 334 g/mol. The third-order valence-electron chi connectivity index (χ3n) is 3.97. The first kappa shape index (κ1) is 17.2. The molecule has 0 spiro atoms. The van der Waals surface area contributed by atoms with Crippen LogP contribution in [-0.4, -0.2) is 22.4 Å². The summed E-state index contributed by atoms with van der Waals surface area (Å²) in [5, 5.41) is 10.5. The van der Waals surface area contributed by atoms with Gasteiger partial charge < -0.3 is 4.42 Å². The quantitative estimate of drug-likeness (QED) is 0.695. The molecule has 3 rings (SSSR count). The Hall–Kier alpha value is -2.60. The Morgan fingerprint density at radius 3 is 2.52 bits per heavy atom. The van der Waals surface area contributed by atoms with Crippen LogP contribution < -0.4 is 5.32 Å². The lowest BCUT2D eigenvalue weighted by atomic mass is 10.0. The van der Waals surface area contributed by atoms with Crippen LogP contribution in [-0.2, 0) is 6.42 Å². The van der Waals surface area contributed by atoms with Gasteiger partial charge in [-0.25, -0.2) is 0 Å². The molecule has 0 aliphatic rings.